The molecule has 2 heterocycles. The third kappa shape index (κ3) is 6.53. The molecule has 210 valence electrons. The average Bonchev–Trinajstić information content (AvgIpc) is 2.92. The Bertz CT molecular complexity index is 1140. The van der Waals surface area contributed by atoms with Crippen molar-refractivity contribution < 1.29 is 24.2 Å². The fraction of sp³-hybridized carbons (Fsp3) is 0.500. The molecule has 0 aromatic heterocycles. The lowest BCUT2D eigenvalue weighted by Crippen LogP contribution is -2.54. The largest absolute Gasteiger partial charge is 0.497 e. The van der Waals surface area contributed by atoms with Gasteiger partial charge >= 0.3 is 6.03 Å². The van der Waals surface area contributed by atoms with Crippen molar-refractivity contribution in [3.05, 3.63) is 53.6 Å². The van der Waals surface area contributed by atoms with Crippen molar-refractivity contribution in [3.63, 3.8) is 0 Å². The molecule has 0 spiro atoms. The number of carboxylic acid groups (broad SMARTS) is 1. The van der Waals surface area contributed by atoms with Crippen LogP contribution in [0.3, 0.4) is 0 Å². The number of hydrogen-bond acceptors (Lipinski definition) is 6. The fourth-order valence-corrected chi connectivity index (χ4v) is 5.80. The molecule has 3 aliphatic rings. The topological polar surface area (TPSA) is 93.6 Å². The van der Waals surface area contributed by atoms with Gasteiger partial charge in [-0.15, -0.1) is 0 Å². The molecule has 2 aromatic rings. The Morgan fingerprint density at radius 1 is 1.00 bits per heavy atom. The normalized spacial score (nSPS) is 21.7. The summed E-state index contributed by atoms with van der Waals surface area (Å²) in [5, 5.41) is 6.89. The molecule has 3 fully saturated rings. The van der Waals surface area contributed by atoms with E-state index in [0.29, 0.717) is 13.0 Å². The molecule has 39 heavy (non-hydrogen) atoms. The van der Waals surface area contributed by atoms with Gasteiger partial charge in [-0.3, -0.25) is 24.3 Å². The summed E-state index contributed by atoms with van der Waals surface area (Å²) in [7, 11) is 1.62. The molecule has 0 atom stereocenters. The first-order valence-corrected chi connectivity index (χ1v) is 13.8. The van der Waals surface area contributed by atoms with E-state index in [1.165, 1.54) is 29.8 Å². The highest BCUT2D eigenvalue weighted by Gasteiger charge is 2.35. The van der Waals surface area contributed by atoms with Crippen molar-refractivity contribution in [1.29, 1.82) is 0 Å². The van der Waals surface area contributed by atoms with Gasteiger partial charge in [0.05, 0.1) is 13.7 Å². The summed E-state index contributed by atoms with van der Waals surface area (Å²) in [6.45, 7) is 9.11. The van der Waals surface area contributed by atoms with Crippen LogP contribution < -0.4 is 14.5 Å². The number of imide groups is 1. The van der Waals surface area contributed by atoms with Crippen LogP contribution in [0.5, 0.6) is 5.75 Å². The summed E-state index contributed by atoms with van der Waals surface area (Å²) in [5.74, 6) is 1.56. The zero-order chi connectivity index (χ0) is 27.9. The van der Waals surface area contributed by atoms with E-state index >= 15 is 0 Å². The smallest absolute Gasteiger partial charge is 0.331 e. The number of urea groups is 1. The van der Waals surface area contributed by atoms with Gasteiger partial charge in [0.25, 0.3) is 6.47 Å². The first-order chi connectivity index (χ1) is 18.9. The number of carbonyl (C=O) groups excluding carboxylic acids is 2. The van der Waals surface area contributed by atoms with Gasteiger partial charge in [-0.1, -0.05) is 25.5 Å². The van der Waals surface area contributed by atoms with Gasteiger partial charge in [-0.05, 0) is 67.1 Å². The predicted octanol–water partition coefficient (Wildman–Crippen LogP) is 4.37. The lowest BCUT2D eigenvalue weighted by molar-refractivity contribution is -0.129. The van der Waals surface area contributed by atoms with Crippen LogP contribution in [-0.2, 0) is 16.1 Å². The number of carbonyl (C=O) groups is 3. The second kappa shape index (κ2) is 13.0. The molecule has 0 unspecified atom stereocenters. The number of methoxy groups -OCH3 is 1. The van der Waals surface area contributed by atoms with Crippen LogP contribution in [0.2, 0.25) is 0 Å². The van der Waals surface area contributed by atoms with Crippen molar-refractivity contribution in [1.82, 2.24) is 9.80 Å². The third-order valence-electron chi connectivity index (χ3n) is 8.27. The molecule has 0 bridgehead atoms. The van der Waals surface area contributed by atoms with Gasteiger partial charge in [0.1, 0.15) is 5.75 Å². The molecule has 3 amide bonds. The van der Waals surface area contributed by atoms with Crippen LogP contribution in [0.1, 0.15) is 43.7 Å². The SMILES string of the molecule is CCC1CC(N2CCN(c3ccc(N4CCC(=O)N(Cc5ccc(OC)cc5)C4=O)c(C)c3)CC2)C1.O=CO. The van der Waals surface area contributed by atoms with E-state index in [4.69, 9.17) is 14.6 Å². The summed E-state index contributed by atoms with van der Waals surface area (Å²) in [6, 6.07) is 14.4. The highest BCUT2D eigenvalue weighted by atomic mass is 16.5. The maximum atomic E-state index is 13.4. The molecule has 1 N–H and O–H groups in total. The Hall–Kier alpha value is -3.59. The number of rotatable bonds is 7. The van der Waals surface area contributed by atoms with E-state index < -0.39 is 0 Å². The molecular formula is C30H40N4O5. The van der Waals surface area contributed by atoms with E-state index in [1.807, 2.05) is 30.3 Å². The van der Waals surface area contributed by atoms with Gasteiger partial charge < -0.3 is 14.7 Å². The quantitative estimate of drug-likeness (QED) is 0.525. The fourth-order valence-electron chi connectivity index (χ4n) is 5.80. The highest BCUT2D eigenvalue weighted by Crippen LogP contribution is 2.35. The number of nitrogens with zero attached hydrogens (tertiary/aromatic N) is 4. The molecule has 0 radical (unpaired) electrons. The first kappa shape index (κ1) is 28.4. The minimum Gasteiger partial charge on any atom is -0.497 e. The molecule has 9 heteroatoms. The van der Waals surface area contributed by atoms with Crippen LogP contribution >= 0.6 is 0 Å². The Kier molecular flexibility index (Phi) is 9.45. The van der Waals surface area contributed by atoms with E-state index in [-0.39, 0.29) is 25.0 Å². The van der Waals surface area contributed by atoms with Gasteiger partial charge in [0.2, 0.25) is 5.91 Å². The van der Waals surface area contributed by atoms with Crippen LogP contribution in [0.4, 0.5) is 16.2 Å². The number of benzene rings is 2. The summed E-state index contributed by atoms with van der Waals surface area (Å²) in [5.41, 5.74) is 4.06. The standard InChI is InChI=1S/C29H38N4O3.CH2O2/c1-4-22-18-25(19-22)31-15-13-30(14-16-31)24-7-10-27(21(2)17-24)32-12-11-28(34)33(29(32)35)20-23-5-8-26(36-3)9-6-23;2-1-3/h5-10,17,22,25H,4,11-16,18-20H2,1-3H3;1H,(H,2,3). The first-order valence-electron chi connectivity index (χ1n) is 13.8. The minimum absolute atomic E-state index is 0.129. The number of ether oxygens (including phenoxy) is 1. The molecule has 5 rings (SSSR count). The molecule has 1 aliphatic carbocycles. The maximum Gasteiger partial charge on any atom is 0.331 e. The van der Waals surface area contributed by atoms with Crippen LogP contribution in [-0.4, -0.2) is 79.2 Å². The van der Waals surface area contributed by atoms with Gasteiger partial charge in [-0.2, -0.15) is 0 Å². The Morgan fingerprint density at radius 2 is 1.67 bits per heavy atom. The Labute approximate surface area is 230 Å². The number of anilines is 2. The maximum absolute atomic E-state index is 13.4. The lowest BCUT2D eigenvalue weighted by atomic mass is 9.77. The zero-order valence-electron chi connectivity index (χ0n) is 23.2. The third-order valence-corrected chi connectivity index (χ3v) is 8.27. The molecule has 1 saturated carbocycles. The van der Waals surface area contributed by atoms with E-state index in [0.717, 1.165) is 60.7 Å². The van der Waals surface area contributed by atoms with Gasteiger partial charge in [0, 0.05) is 56.6 Å². The molecule has 2 aliphatic heterocycles. The van der Waals surface area contributed by atoms with Gasteiger partial charge in [-0.25, -0.2) is 4.79 Å². The van der Waals surface area contributed by atoms with Crippen LogP contribution in [0, 0.1) is 12.8 Å². The summed E-state index contributed by atoms with van der Waals surface area (Å²) in [6.07, 6.45) is 4.37. The minimum atomic E-state index is -0.252. The van der Waals surface area contributed by atoms with Crippen molar-refractivity contribution >= 4 is 29.8 Å². The number of aryl methyl sites for hydroxylation is 1. The average molecular weight is 537 g/mol. The monoisotopic (exact) mass is 536 g/mol. The van der Waals surface area contributed by atoms with Crippen LogP contribution in [0.15, 0.2) is 42.5 Å². The summed E-state index contributed by atoms with van der Waals surface area (Å²) < 4.78 is 5.21. The van der Waals surface area contributed by atoms with Crippen molar-refractivity contribution in [2.24, 2.45) is 5.92 Å². The highest BCUT2D eigenvalue weighted by molar-refractivity contribution is 6.06. The summed E-state index contributed by atoms with van der Waals surface area (Å²) >= 11 is 0. The summed E-state index contributed by atoms with van der Waals surface area (Å²) in [4.78, 5) is 42.6. The second-order valence-electron chi connectivity index (χ2n) is 10.5. The van der Waals surface area contributed by atoms with Crippen molar-refractivity contribution in [2.45, 2.75) is 52.1 Å². The number of amides is 3. The van der Waals surface area contributed by atoms with E-state index in [9.17, 15) is 9.59 Å². The van der Waals surface area contributed by atoms with E-state index in [2.05, 4.69) is 35.8 Å². The second-order valence-corrected chi connectivity index (χ2v) is 10.5. The molecule has 9 nitrogen and oxygen atoms in total. The lowest BCUT2D eigenvalue weighted by Gasteiger charge is -2.47. The molecule has 2 aromatic carbocycles. The Morgan fingerprint density at radius 3 is 2.26 bits per heavy atom. The molecular weight excluding hydrogens is 496 g/mol. The number of hydrogen-bond donors (Lipinski definition) is 1. The van der Waals surface area contributed by atoms with Crippen molar-refractivity contribution in [2.75, 3.05) is 49.6 Å². The predicted molar refractivity (Wildman–Crippen MR) is 151 cm³/mol. The molecule has 2 saturated heterocycles. The van der Waals surface area contributed by atoms with Crippen LogP contribution in [0.25, 0.3) is 0 Å². The van der Waals surface area contributed by atoms with Gasteiger partial charge in [0.15, 0.2) is 0 Å². The Balaban J connectivity index is 0.00000112. The number of piperazine rings is 1. The van der Waals surface area contributed by atoms with Crippen molar-refractivity contribution in [3.8, 4) is 5.75 Å². The van der Waals surface area contributed by atoms with E-state index in [1.54, 1.807) is 12.0 Å². The zero-order valence-corrected chi connectivity index (χ0v) is 23.2.